The van der Waals surface area contributed by atoms with Gasteiger partial charge in [-0.25, -0.2) is 0 Å². The number of benzene rings is 1. The van der Waals surface area contributed by atoms with E-state index in [9.17, 15) is 0 Å². The summed E-state index contributed by atoms with van der Waals surface area (Å²) in [6.07, 6.45) is 0.481. The molecule has 0 fully saturated rings. The smallest absolute Gasteiger partial charge is 0.0524 e. The standard InChI is InChI=1S/C11H15Cl2NO/c1-8(15)2-3-14-7-9-4-10(12)6-11(13)5-9/h4-6,8,14-15H,2-3,7H2,1H3/t8-/m0/s1. The molecule has 0 bridgehead atoms. The van der Waals surface area contributed by atoms with E-state index < -0.39 is 0 Å². The zero-order chi connectivity index (χ0) is 11.3. The van der Waals surface area contributed by atoms with E-state index in [2.05, 4.69) is 5.32 Å². The normalized spacial score (nSPS) is 12.8. The summed E-state index contributed by atoms with van der Waals surface area (Å²) in [6.45, 7) is 3.27. The van der Waals surface area contributed by atoms with Gasteiger partial charge in [0.25, 0.3) is 0 Å². The molecule has 1 aromatic carbocycles. The molecule has 84 valence electrons. The van der Waals surface area contributed by atoms with Crippen molar-refractivity contribution in [1.82, 2.24) is 5.32 Å². The number of hydrogen-bond donors (Lipinski definition) is 2. The number of rotatable bonds is 5. The Morgan fingerprint density at radius 3 is 2.40 bits per heavy atom. The minimum atomic E-state index is -0.263. The van der Waals surface area contributed by atoms with Crippen molar-refractivity contribution >= 4 is 23.2 Å². The first-order valence-corrected chi connectivity index (χ1v) is 5.67. The van der Waals surface area contributed by atoms with Crippen LogP contribution in [0.1, 0.15) is 18.9 Å². The molecule has 0 heterocycles. The Kier molecular flexibility index (Phi) is 5.40. The lowest BCUT2D eigenvalue weighted by Gasteiger charge is -2.07. The van der Waals surface area contributed by atoms with E-state index in [1.54, 1.807) is 13.0 Å². The van der Waals surface area contributed by atoms with E-state index in [1.165, 1.54) is 0 Å². The Morgan fingerprint density at radius 2 is 1.87 bits per heavy atom. The lowest BCUT2D eigenvalue weighted by Crippen LogP contribution is -2.18. The van der Waals surface area contributed by atoms with E-state index >= 15 is 0 Å². The zero-order valence-corrected chi connectivity index (χ0v) is 10.1. The molecule has 1 aromatic rings. The van der Waals surface area contributed by atoms with Gasteiger partial charge < -0.3 is 10.4 Å². The predicted octanol–water partition coefficient (Wildman–Crippen LogP) is 2.85. The monoisotopic (exact) mass is 247 g/mol. The highest BCUT2D eigenvalue weighted by atomic mass is 35.5. The quantitative estimate of drug-likeness (QED) is 0.785. The molecule has 0 saturated carbocycles. The second-order valence-electron chi connectivity index (χ2n) is 3.59. The van der Waals surface area contributed by atoms with Crippen molar-refractivity contribution in [2.45, 2.75) is 26.0 Å². The summed E-state index contributed by atoms with van der Waals surface area (Å²) in [5, 5.41) is 13.6. The zero-order valence-electron chi connectivity index (χ0n) is 8.63. The van der Waals surface area contributed by atoms with Crippen molar-refractivity contribution in [3.05, 3.63) is 33.8 Å². The fraction of sp³-hybridized carbons (Fsp3) is 0.455. The van der Waals surface area contributed by atoms with Crippen molar-refractivity contribution in [2.24, 2.45) is 0 Å². The molecule has 1 atom stereocenters. The summed E-state index contributed by atoms with van der Waals surface area (Å²) in [4.78, 5) is 0. The van der Waals surface area contributed by atoms with Crippen molar-refractivity contribution in [2.75, 3.05) is 6.54 Å². The van der Waals surface area contributed by atoms with Gasteiger partial charge in [0.15, 0.2) is 0 Å². The molecule has 0 aliphatic heterocycles. The van der Waals surface area contributed by atoms with Crippen molar-refractivity contribution in [3.8, 4) is 0 Å². The Hall–Kier alpha value is -0.280. The first-order chi connectivity index (χ1) is 7.08. The number of hydrogen-bond acceptors (Lipinski definition) is 2. The van der Waals surface area contributed by atoms with Crippen LogP contribution in [0.15, 0.2) is 18.2 Å². The van der Waals surface area contributed by atoms with Gasteiger partial charge in [-0.05, 0) is 43.7 Å². The predicted molar refractivity (Wildman–Crippen MR) is 64.5 cm³/mol. The van der Waals surface area contributed by atoms with Gasteiger partial charge in [-0.3, -0.25) is 0 Å². The molecule has 0 aliphatic rings. The Bertz CT molecular complexity index is 295. The Morgan fingerprint density at radius 1 is 1.27 bits per heavy atom. The minimum Gasteiger partial charge on any atom is -0.393 e. The van der Waals surface area contributed by atoms with Gasteiger partial charge in [-0.15, -0.1) is 0 Å². The van der Waals surface area contributed by atoms with E-state index in [0.717, 1.165) is 18.5 Å². The molecule has 0 aliphatic carbocycles. The van der Waals surface area contributed by atoms with E-state index in [-0.39, 0.29) is 6.10 Å². The third-order valence-electron chi connectivity index (χ3n) is 1.99. The van der Waals surface area contributed by atoms with Crippen molar-refractivity contribution < 1.29 is 5.11 Å². The Labute approximate surface area is 100 Å². The van der Waals surface area contributed by atoms with Gasteiger partial charge in [0.05, 0.1) is 6.10 Å². The number of aliphatic hydroxyl groups excluding tert-OH is 1. The SMILES string of the molecule is C[C@H](O)CCNCc1cc(Cl)cc(Cl)c1. The Balaban J connectivity index is 2.37. The number of halogens is 2. The summed E-state index contributed by atoms with van der Waals surface area (Å²) < 4.78 is 0. The number of nitrogens with one attached hydrogen (secondary N) is 1. The summed E-state index contributed by atoms with van der Waals surface area (Å²) >= 11 is 11.7. The first-order valence-electron chi connectivity index (χ1n) is 4.91. The van der Waals surface area contributed by atoms with Crippen LogP contribution in [0.25, 0.3) is 0 Å². The van der Waals surface area contributed by atoms with Crippen LogP contribution in [0.3, 0.4) is 0 Å². The molecule has 0 spiro atoms. The first kappa shape index (κ1) is 12.8. The van der Waals surface area contributed by atoms with E-state index in [4.69, 9.17) is 28.3 Å². The van der Waals surface area contributed by atoms with Gasteiger partial charge in [0, 0.05) is 16.6 Å². The van der Waals surface area contributed by atoms with Crippen LogP contribution in [0.5, 0.6) is 0 Å². The molecule has 0 unspecified atom stereocenters. The van der Waals surface area contributed by atoms with E-state index in [0.29, 0.717) is 16.6 Å². The number of aliphatic hydroxyl groups is 1. The highest BCUT2D eigenvalue weighted by molar-refractivity contribution is 6.34. The molecular weight excluding hydrogens is 233 g/mol. The summed E-state index contributed by atoms with van der Waals surface area (Å²) in [5.41, 5.74) is 1.05. The van der Waals surface area contributed by atoms with E-state index in [1.807, 2.05) is 12.1 Å². The maximum absolute atomic E-state index is 9.06. The molecular formula is C11H15Cl2NO. The van der Waals surface area contributed by atoms with Crippen molar-refractivity contribution in [3.63, 3.8) is 0 Å². The van der Waals surface area contributed by atoms with Crippen LogP contribution < -0.4 is 5.32 Å². The molecule has 0 aromatic heterocycles. The molecule has 2 N–H and O–H groups in total. The summed E-state index contributed by atoms with van der Waals surface area (Å²) in [7, 11) is 0. The maximum Gasteiger partial charge on any atom is 0.0524 e. The maximum atomic E-state index is 9.06. The summed E-state index contributed by atoms with van der Waals surface area (Å²) in [6, 6.07) is 5.47. The third-order valence-corrected chi connectivity index (χ3v) is 2.43. The molecule has 0 radical (unpaired) electrons. The second-order valence-corrected chi connectivity index (χ2v) is 4.47. The molecule has 2 nitrogen and oxygen atoms in total. The van der Waals surface area contributed by atoms with Gasteiger partial charge in [0.2, 0.25) is 0 Å². The second kappa shape index (κ2) is 6.33. The topological polar surface area (TPSA) is 32.3 Å². The molecule has 0 amide bonds. The highest BCUT2D eigenvalue weighted by Crippen LogP contribution is 2.18. The molecule has 1 rings (SSSR count). The lowest BCUT2D eigenvalue weighted by atomic mass is 10.2. The van der Waals surface area contributed by atoms with Gasteiger partial charge in [-0.2, -0.15) is 0 Å². The highest BCUT2D eigenvalue weighted by Gasteiger charge is 1.99. The fourth-order valence-electron chi connectivity index (χ4n) is 1.26. The molecule has 0 saturated heterocycles. The average Bonchev–Trinajstić information content (AvgIpc) is 2.10. The third kappa shape index (κ3) is 5.38. The van der Waals surface area contributed by atoms with Crippen LogP contribution in [-0.4, -0.2) is 17.8 Å². The average molecular weight is 248 g/mol. The molecule has 4 heteroatoms. The van der Waals surface area contributed by atoms with Gasteiger partial charge in [-0.1, -0.05) is 23.2 Å². The largest absolute Gasteiger partial charge is 0.393 e. The van der Waals surface area contributed by atoms with Gasteiger partial charge >= 0.3 is 0 Å². The van der Waals surface area contributed by atoms with Crippen LogP contribution in [-0.2, 0) is 6.54 Å². The minimum absolute atomic E-state index is 0.263. The van der Waals surface area contributed by atoms with Crippen LogP contribution in [0.2, 0.25) is 10.0 Å². The van der Waals surface area contributed by atoms with Crippen molar-refractivity contribution in [1.29, 1.82) is 0 Å². The van der Waals surface area contributed by atoms with Crippen LogP contribution in [0.4, 0.5) is 0 Å². The lowest BCUT2D eigenvalue weighted by molar-refractivity contribution is 0.183. The van der Waals surface area contributed by atoms with Crippen LogP contribution >= 0.6 is 23.2 Å². The molecule has 15 heavy (non-hydrogen) atoms. The van der Waals surface area contributed by atoms with Crippen LogP contribution in [0, 0.1) is 0 Å². The summed E-state index contributed by atoms with van der Waals surface area (Å²) in [5.74, 6) is 0. The fourth-order valence-corrected chi connectivity index (χ4v) is 1.83. The van der Waals surface area contributed by atoms with Gasteiger partial charge in [0.1, 0.15) is 0 Å².